The second-order valence-corrected chi connectivity index (χ2v) is 4.80. The largest absolute Gasteiger partial charge is 0.573 e. The Balaban J connectivity index is 2.47. The van der Waals surface area contributed by atoms with E-state index in [9.17, 15) is 13.2 Å². The lowest BCUT2D eigenvalue weighted by Gasteiger charge is -2.33. The molecule has 1 aromatic carbocycles. The standard InChI is InChI=1S/C14H14ClF3N2O2/c1-3-11-13(19-2)20(6-7-21-11)10-5-4-9(15)8-12(10)22-14(16,17)18/h3-5,8H,6-7H2,1-2H3. The molecule has 0 saturated carbocycles. The first-order valence-corrected chi connectivity index (χ1v) is 6.82. The second-order valence-electron chi connectivity index (χ2n) is 4.36. The average molecular weight is 335 g/mol. The number of benzene rings is 1. The molecule has 1 aliphatic heterocycles. The van der Waals surface area contributed by atoms with E-state index in [4.69, 9.17) is 16.3 Å². The molecule has 1 aromatic rings. The highest BCUT2D eigenvalue weighted by Gasteiger charge is 2.34. The molecule has 1 heterocycles. The maximum Gasteiger partial charge on any atom is 0.573 e. The number of amidine groups is 1. The third kappa shape index (κ3) is 3.65. The first-order chi connectivity index (χ1) is 10.4. The van der Waals surface area contributed by atoms with Crippen molar-refractivity contribution in [1.82, 2.24) is 0 Å². The van der Waals surface area contributed by atoms with Crippen molar-refractivity contribution in [2.45, 2.75) is 13.3 Å². The van der Waals surface area contributed by atoms with Crippen molar-refractivity contribution < 1.29 is 22.6 Å². The fourth-order valence-electron chi connectivity index (χ4n) is 2.15. The monoisotopic (exact) mass is 334 g/mol. The van der Waals surface area contributed by atoms with Gasteiger partial charge in [0.15, 0.2) is 17.3 Å². The van der Waals surface area contributed by atoms with Crippen molar-refractivity contribution in [3.05, 3.63) is 35.1 Å². The molecular weight excluding hydrogens is 321 g/mol. The van der Waals surface area contributed by atoms with Crippen LogP contribution in [0.5, 0.6) is 5.75 Å². The van der Waals surface area contributed by atoms with Gasteiger partial charge in [0.25, 0.3) is 0 Å². The van der Waals surface area contributed by atoms with E-state index in [2.05, 4.69) is 9.73 Å². The average Bonchev–Trinajstić information content (AvgIpc) is 2.45. The number of hydrogen-bond donors (Lipinski definition) is 0. The van der Waals surface area contributed by atoms with Crippen molar-refractivity contribution in [2.75, 3.05) is 25.1 Å². The van der Waals surface area contributed by atoms with E-state index in [0.717, 1.165) is 6.07 Å². The summed E-state index contributed by atoms with van der Waals surface area (Å²) in [7, 11) is 1.54. The molecule has 0 amide bonds. The zero-order valence-electron chi connectivity index (χ0n) is 11.9. The summed E-state index contributed by atoms with van der Waals surface area (Å²) in [6.45, 7) is 2.44. The smallest absolute Gasteiger partial charge is 0.488 e. The van der Waals surface area contributed by atoms with Crippen LogP contribution in [-0.2, 0) is 4.74 Å². The van der Waals surface area contributed by atoms with Gasteiger partial charge in [-0.2, -0.15) is 0 Å². The van der Waals surface area contributed by atoms with E-state index >= 15 is 0 Å². The van der Waals surface area contributed by atoms with E-state index < -0.39 is 6.36 Å². The molecule has 8 heteroatoms. The molecule has 1 saturated heterocycles. The van der Waals surface area contributed by atoms with Gasteiger partial charge in [-0.15, -0.1) is 13.2 Å². The number of ether oxygens (including phenoxy) is 2. The number of allylic oxidation sites excluding steroid dienone is 1. The number of alkyl halides is 3. The Kier molecular flexibility index (Phi) is 4.85. The highest BCUT2D eigenvalue weighted by molar-refractivity contribution is 6.30. The van der Waals surface area contributed by atoms with Crippen LogP contribution in [0.2, 0.25) is 5.02 Å². The van der Waals surface area contributed by atoms with Crippen LogP contribution in [0.15, 0.2) is 35.0 Å². The van der Waals surface area contributed by atoms with E-state index in [-0.39, 0.29) is 16.5 Å². The minimum Gasteiger partial charge on any atom is -0.488 e. The second kappa shape index (κ2) is 6.48. The molecule has 0 radical (unpaired) electrons. The molecule has 0 aromatic heterocycles. The topological polar surface area (TPSA) is 34.1 Å². The summed E-state index contributed by atoms with van der Waals surface area (Å²) in [4.78, 5) is 5.70. The molecule has 2 rings (SSSR count). The normalized spacial score (nSPS) is 19.5. The lowest BCUT2D eigenvalue weighted by Crippen LogP contribution is -2.41. The maximum absolute atomic E-state index is 12.6. The Morgan fingerprint density at radius 2 is 2.14 bits per heavy atom. The molecule has 22 heavy (non-hydrogen) atoms. The van der Waals surface area contributed by atoms with Gasteiger partial charge in [-0.05, 0) is 25.1 Å². The summed E-state index contributed by atoms with van der Waals surface area (Å²) in [5.41, 5.74) is 0.227. The zero-order chi connectivity index (χ0) is 16.3. The Hall–Kier alpha value is -1.89. The number of nitrogens with zero attached hydrogens (tertiary/aromatic N) is 2. The van der Waals surface area contributed by atoms with Gasteiger partial charge >= 0.3 is 6.36 Å². The first kappa shape index (κ1) is 16.5. The molecule has 1 fully saturated rings. The third-order valence-corrected chi connectivity index (χ3v) is 3.20. The van der Waals surface area contributed by atoms with Gasteiger partial charge in [-0.3, -0.25) is 4.99 Å². The van der Waals surface area contributed by atoms with Crippen molar-refractivity contribution in [3.63, 3.8) is 0 Å². The van der Waals surface area contributed by atoms with Gasteiger partial charge in [0, 0.05) is 18.1 Å². The lowest BCUT2D eigenvalue weighted by molar-refractivity contribution is -0.274. The van der Waals surface area contributed by atoms with Gasteiger partial charge in [0.1, 0.15) is 6.61 Å². The van der Waals surface area contributed by atoms with Gasteiger partial charge in [0.05, 0.1) is 12.2 Å². The van der Waals surface area contributed by atoms with Gasteiger partial charge in [0.2, 0.25) is 0 Å². The van der Waals surface area contributed by atoms with Crippen LogP contribution in [0, 0.1) is 0 Å². The van der Waals surface area contributed by atoms with Gasteiger partial charge in [-0.25, -0.2) is 0 Å². The predicted molar refractivity (Wildman–Crippen MR) is 78.5 cm³/mol. The fourth-order valence-corrected chi connectivity index (χ4v) is 2.31. The van der Waals surface area contributed by atoms with Crippen LogP contribution in [0.3, 0.4) is 0 Å². The number of morpholine rings is 1. The molecule has 120 valence electrons. The Morgan fingerprint density at radius 3 is 2.73 bits per heavy atom. The summed E-state index contributed by atoms with van der Waals surface area (Å²) in [5.74, 6) is 0.559. The number of hydrogen-bond acceptors (Lipinski definition) is 3. The number of halogens is 4. The molecule has 4 nitrogen and oxygen atoms in total. The molecule has 0 bridgehead atoms. The Bertz CT molecular complexity index is 615. The van der Waals surface area contributed by atoms with Crippen molar-refractivity contribution in [3.8, 4) is 5.75 Å². The minimum atomic E-state index is -4.81. The Morgan fingerprint density at radius 1 is 1.41 bits per heavy atom. The fraction of sp³-hybridized carbons (Fsp3) is 0.357. The predicted octanol–water partition coefficient (Wildman–Crippen LogP) is 4.01. The van der Waals surface area contributed by atoms with Crippen LogP contribution < -0.4 is 9.64 Å². The highest BCUT2D eigenvalue weighted by Crippen LogP contribution is 2.36. The summed E-state index contributed by atoms with van der Waals surface area (Å²) >= 11 is 5.78. The number of anilines is 1. The molecule has 0 unspecified atom stereocenters. The van der Waals surface area contributed by atoms with E-state index in [1.807, 2.05) is 0 Å². The van der Waals surface area contributed by atoms with E-state index in [1.165, 1.54) is 12.1 Å². The highest BCUT2D eigenvalue weighted by atomic mass is 35.5. The van der Waals surface area contributed by atoms with Crippen molar-refractivity contribution >= 4 is 23.1 Å². The van der Waals surface area contributed by atoms with Crippen LogP contribution in [0.4, 0.5) is 18.9 Å². The van der Waals surface area contributed by atoms with Crippen molar-refractivity contribution in [1.29, 1.82) is 0 Å². The first-order valence-electron chi connectivity index (χ1n) is 6.45. The molecule has 0 spiro atoms. The van der Waals surface area contributed by atoms with Crippen LogP contribution in [0.25, 0.3) is 0 Å². The SMILES string of the molecule is CC=C1OCCN(c2ccc(Cl)cc2OC(F)(F)F)C1=NC. The van der Waals surface area contributed by atoms with E-state index in [0.29, 0.717) is 24.7 Å². The van der Waals surface area contributed by atoms with E-state index in [1.54, 1.807) is 24.9 Å². The van der Waals surface area contributed by atoms with Crippen LogP contribution in [-0.4, -0.2) is 32.4 Å². The molecular formula is C14H14ClF3N2O2. The van der Waals surface area contributed by atoms with Crippen molar-refractivity contribution in [2.24, 2.45) is 4.99 Å². The lowest BCUT2D eigenvalue weighted by atomic mass is 10.2. The minimum absolute atomic E-state index is 0.150. The van der Waals surface area contributed by atoms with Gasteiger partial charge < -0.3 is 14.4 Å². The maximum atomic E-state index is 12.6. The van der Waals surface area contributed by atoms with Gasteiger partial charge in [-0.1, -0.05) is 11.6 Å². The molecule has 0 atom stereocenters. The summed E-state index contributed by atoms with van der Waals surface area (Å²) in [6.07, 6.45) is -3.10. The molecule has 1 aliphatic rings. The number of aliphatic imine (C=N–C) groups is 1. The summed E-state index contributed by atoms with van der Waals surface area (Å²) in [6, 6.07) is 4.09. The van der Waals surface area contributed by atoms with Crippen LogP contribution in [0.1, 0.15) is 6.92 Å². The number of rotatable bonds is 2. The molecule has 0 aliphatic carbocycles. The quantitative estimate of drug-likeness (QED) is 0.819. The van der Waals surface area contributed by atoms with Crippen LogP contribution >= 0.6 is 11.6 Å². The molecule has 0 N–H and O–H groups in total. The summed E-state index contributed by atoms with van der Waals surface area (Å²) in [5, 5.41) is 0.150. The Labute approximate surface area is 130 Å². The third-order valence-electron chi connectivity index (χ3n) is 2.96. The summed E-state index contributed by atoms with van der Waals surface area (Å²) < 4.78 is 47.3. The zero-order valence-corrected chi connectivity index (χ0v) is 12.7.